The lowest BCUT2D eigenvalue weighted by molar-refractivity contribution is -0.596. The van der Waals surface area contributed by atoms with Gasteiger partial charge < -0.3 is 9.87 Å². The van der Waals surface area contributed by atoms with Gasteiger partial charge >= 0.3 is 0 Å². The first-order valence-electron chi connectivity index (χ1n) is 21.6. The summed E-state index contributed by atoms with van der Waals surface area (Å²) in [4.78, 5) is 12.8. The quantitative estimate of drug-likeness (QED) is 0.0222. The number of carbonyl (C=O) groups is 1. The van der Waals surface area contributed by atoms with E-state index in [-0.39, 0.29) is 11.6 Å². The highest BCUT2D eigenvalue weighted by Crippen LogP contribution is 2.17. The molecule has 0 aromatic heterocycles. The fourth-order valence-electron chi connectivity index (χ4n) is 6.90. The van der Waals surface area contributed by atoms with Crippen LogP contribution >= 0.6 is 0 Å². The summed E-state index contributed by atoms with van der Waals surface area (Å²) in [5, 5.41) is 7.02. The van der Waals surface area contributed by atoms with Crippen LogP contribution in [0, 0.1) is 0 Å². The van der Waals surface area contributed by atoms with Crippen molar-refractivity contribution < 1.29 is 26.5 Å². The second kappa shape index (κ2) is 35.0. The van der Waals surface area contributed by atoms with Gasteiger partial charge in [-0.2, -0.15) is 0 Å². The Morgan fingerprint density at radius 3 is 1.44 bits per heavy atom. The lowest BCUT2D eigenvalue weighted by Crippen LogP contribution is -2.55. The van der Waals surface area contributed by atoms with Crippen LogP contribution in [0.5, 0.6) is 0 Å². The standard InChI is InChI=1S/C42H79N3O.CH4O4S/c1-5-8-10-12-14-16-18-20-22-24-25-27-29-31-33-35-37-40-43-39-42(4,45(40)7-3)44-41(46)38-36-34-32-30-28-26-23-21-19-17-15-13-11-9-6-2;1-5-6(2,3)4/h20-23H,5-19,24-39H2,1-4H3,(H,44,46);1H3,(H,2,3,4)/b22-20-,23-21-;. The molecule has 0 aliphatic carbocycles. The molecule has 306 valence electrons. The number of amidine groups is 1. The smallest absolute Gasteiger partial charge is 0.246 e. The summed E-state index contributed by atoms with van der Waals surface area (Å²) in [6.45, 7) is 10.7. The molecule has 0 radical (unpaired) electrons. The minimum atomic E-state index is -4.41. The second-order valence-electron chi connectivity index (χ2n) is 15.0. The Hall–Kier alpha value is -1.71. The third kappa shape index (κ3) is 30.7. The maximum absolute atomic E-state index is 12.8. The number of rotatable bonds is 34. The Morgan fingerprint density at radius 1 is 0.692 bits per heavy atom. The van der Waals surface area contributed by atoms with Gasteiger partial charge in [0.25, 0.3) is 0 Å². The monoisotopic (exact) mass is 754 g/mol. The molecule has 52 heavy (non-hydrogen) atoms. The zero-order valence-electron chi connectivity index (χ0n) is 34.6. The number of amides is 1. The molecule has 0 saturated heterocycles. The van der Waals surface area contributed by atoms with Crippen molar-refractivity contribution in [2.75, 3.05) is 20.2 Å². The molecule has 8 nitrogen and oxygen atoms in total. The highest BCUT2D eigenvalue weighted by atomic mass is 32.3. The minimum Gasteiger partial charge on any atom is -0.726 e. The van der Waals surface area contributed by atoms with E-state index in [0.717, 1.165) is 39.5 Å². The van der Waals surface area contributed by atoms with Gasteiger partial charge in [-0.15, -0.1) is 0 Å². The molecule has 9 heteroatoms. The molecule has 1 rings (SSSR count). The molecule has 1 unspecified atom stereocenters. The molecule has 0 fully saturated rings. The summed E-state index contributed by atoms with van der Waals surface area (Å²) >= 11 is 0. The van der Waals surface area contributed by atoms with Gasteiger partial charge in [-0.3, -0.25) is 14.3 Å². The third-order valence-corrected chi connectivity index (χ3v) is 10.5. The van der Waals surface area contributed by atoms with E-state index in [2.05, 4.69) is 71.4 Å². The average Bonchev–Trinajstić information content (AvgIpc) is 3.43. The number of carbonyl (C=O) groups excluding carboxylic acids is 1. The van der Waals surface area contributed by atoms with Crippen molar-refractivity contribution in [1.29, 1.82) is 0 Å². The molecule has 1 amide bonds. The molecule has 1 aliphatic rings. The van der Waals surface area contributed by atoms with Gasteiger partial charge in [0.2, 0.25) is 27.8 Å². The lowest BCUT2D eigenvalue weighted by atomic mass is 10.1. The van der Waals surface area contributed by atoms with Crippen LogP contribution in [-0.2, 0) is 19.4 Å². The first kappa shape index (κ1) is 50.3. The van der Waals surface area contributed by atoms with Crippen molar-refractivity contribution in [2.45, 2.75) is 220 Å². The molecule has 1 aliphatic heterocycles. The molecule has 1 atom stereocenters. The van der Waals surface area contributed by atoms with E-state index in [9.17, 15) is 17.8 Å². The normalized spacial score (nSPS) is 16.1. The van der Waals surface area contributed by atoms with Gasteiger partial charge in [-0.25, -0.2) is 13.0 Å². The summed E-state index contributed by atoms with van der Waals surface area (Å²) in [5.41, 5.74) is -0.300. The average molecular weight is 754 g/mol. The predicted octanol–water partition coefficient (Wildman–Crippen LogP) is 11.4. The van der Waals surface area contributed by atoms with Gasteiger partial charge in [-0.05, 0) is 71.1 Å². The van der Waals surface area contributed by atoms with Crippen LogP contribution in [-0.4, -0.2) is 55.2 Å². The minimum absolute atomic E-state index is 0.207. The maximum Gasteiger partial charge on any atom is 0.246 e. The maximum atomic E-state index is 12.8. The van der Waals surface area contributed by atoms with Crippen molar-refractivity contribution >= 4 is 22.1 Å². The van der Waals surface area contributed by atoms with Crippen molar-refractivity contribution in [2.24, 2.45) is 0 Å². The van der Waals surface area contributed by atoms with E-state index in [0.29, 0.717) is 6.42 Å². The molecule has 0 bridgehead atoms. The van der Waals surface area contributed by atoms with E-state index < -0.39 is 10.4 Å². The highest BCUT2D eigenvalue weighted by molar-refractivity contribution is 7.80. The highest BCUT2D eigenvalue weighted by Gasteiger charge is 2.42. The van der Waals surface area contributed by atoms with E-state index in [4.69, 9.17) is 0 Å². The molecule has 2 N–H and O–H groups in total. The molecule has 0 aromatic rings. The van der Waals surface area contributed by atoms with E-state index >= 15 is 0 Å². The first-order chi connectivity index (χ1) is 25.1. The third-order valence-electron chi connectivity index (χ3n) is 10.1. The van der Waals surface area contributed by atoms with Crippen LogP contribution in [0.25, 0.3) is 0 Å². The van der Waals surface area contributed by atoms with Gasteiger partial charge in [0, 0.05) is 19.8 Å². The Kier molecular flexibility index (Phi) is 33.9. The predicted molar refractivity (Wildman–Crippen MR) is 221 cm³/mol. The van der Waals surface area contributed by atoms with Crippen LogP contribution in [0.4, 0.5) is 0 Å². The molecular formula is C43H83N3O5S. The largest absolute Gasteiger partial charge is 0.726 e. The number of likely N-dealkylation sites (N-methyl/N-ethyl adjacent to an activating group) is 1. The fraction of sp³-hybridized carbons (Fsp3) is 0.860. The van der Waals surface area contributed by atoms with Crippen LogP contribution in [0.1, 0.15) is 214 Å². The Bertz CT molecular complexity index is 1040. The number of nitrogens with one attached hydrogen (secondary N) is 2. The first-order valence-corrected chi connectivity index (χ1v) is 23.0. The molecule has 1 heterocycles. The van der Waals surface area contributed by atoms with Crippen LogP contribution in [0.2, 0.25) is 0 Å². The van der Waals surface area contributed by atoms with Crippen molar-refractivity contribution in [3.63, 3.8) is 0 Å². The summed E-state index contributed by atoms with van der Waals surface area (Å²) in [5.74, 6) is 1.53. The van der Waals surface area contributed by atoms with Crippen molar-refractivity contribution in [3.05, 3.63) is 24.3 Å². The lowest BCUT2D eigenvalue weighted by Gasteiger charge is -2.25. The van der Waals surface area contributed by atoms with Crippen LogP contribution in [0.15, 0.2) is 24.3 Å². The van der Waals surface area contributed by atoms with Crippen molar-refractivity contribution in [3.8, 4) is 0 Å². The van der Waals surface area contributed by atoms with Gasteiger partial charge in [-0.1, -0.05) is 147 Å². The van der Waals surface area contributed by atoms with E-state index in [1.165, 1.54) is 166 Å². The van der Waals surface area contributed by atoms with Crippen LogP contribution < -0.4 is 10.6 Å². The van der Waals surface area contributed by atoms with Gasteiger partial charge in [0.1, 0.15) is 6.54 Å². The molecule has 0 spiro atoms. The van der Waals surface area contributed by atoms with Gasteiger partial charge in [0.05, 0.1) is 13.7 Å². The number of hydrogen-bond donors (Lipinski definition) is 2. The number of allylic oxidation sites excluding steroid dienone is 4. The number of nitrogens with zero attached hydrogens (tertiary/aromatic N) is 1. The topological polar surface area (TPSA) is 111 Å². The van der Waals surface area contributed by atoms with E-state index in [1.807, 2.05) is 0 Å². The summed E-state index contributed by atoms with van der Waals surface area (Å²) in [6, 6.07) is 0. The zero-order chi connectivity index (χ0) is 38.6. The van der Waals surface area contributed by atoms with Crippen LogP contribution in [0.3, 0.4) is 0 Å². The Balaban J connectivity index is 0.00000397. The van der Waals surface area contributed by atoms with Gasteiger partial charge in [0.15, 0.2) is 0 Å². The van der Waals surface area contributed by atoms with E-state index in [1.54, 1.807) is 0 Å². The SMILES string of the molecule is CCCCCCCC/C=C\CCCCCCCCC1=[N+](CC)C(C)(NC(=O)CCCCCCC/C=C\CCCCCCCC)CN1.COS(=O)(=O)[O-]. The zero-order valence-corrected chi connectivity index (χ0v) is 35.4. The number of hydrogen-bond acceptors (Lipinski definition) is 6. The Morgan fingerprint density at radius 2 is 1.06 bits per heavy atom. The number of unbranched alkanes of at least 4 members (excludes halogenated alkanes) is 23. The Labute approximate surface area is 322 Å². The summed E-state index contributed by atoms with van der Waals surface area (Å²) < 4.78 is 33.4. The second-order valence-corrected chi connectivity index (χ2v) is 16.1. The molecule has 0 saturated carbocycles. The fourth-order valence-corrected chi connectivity index (χ4v) is 6.90. The summed E-state index contributed by atoms with van der Waals surface area (Å²) in [7, 11) is -3.60. The van der Waals surface area contributed by atoms with Crippen molar-refractivity contribution in [1.82, 2.24) is 10.6 Å². The molecular weight excluding hydrogens is 671 g/mol. The molecule has 0 aromatic carbocycles. The summed E-state index contributed by atoms with van der Waals surface area (Å²) in [6.07, 6.45) is 46.9.